The van der Waals surface area contributed by atoms with E-state index < -0.39 is 5.97 Å². The second-order valence-corrected chi connectivity index (χ2v) is 4.22. The fourth-order valence-electron chi connectivity index (χ4n) is 2.21. The van der Waals surface area contributed by atoms with Crippen molar-refractivity contribution in [1.82, 2.24) is 9.80 Å². The fraction of sp³-hybridized carbons (Fsp3) is 0.818. The molecule has 0 aromatic carbocycles. The molecule has 1 aliphatic rings. The molecule has 1 aliphatic heterocycles. The molecule has 16 heavy (non-hydrogen) atoms. The van der Waals surface area contributed by atoms with Crippen molar-refractivity contribution >= 4 is 11.9 Å². The van der Waals surface area contributed by atoms with Gasteiger partial charge < -0.3 is 10.0 Å². The van der Waals surface area contributed by atoms with Gasteiger partial charge in [-0.1, -0.05) is 6.92 Å². The molecule has 5 nitrogen and oxygen atoms in total. The molecule has 0 aromatic rings. The zero-order chi connectivity index (χ0) is 12.1. The summed E-state index contributed by atoms with van der Waals surface area (Å²) in [5.74, 6) is -0.724. The van der Waals surface area contributed by atoms with Crippen molar-refractivity contribution < 1.29 is 14.7 Å². The highest BCUT2D eigenvalue weighted by molar-refractivity contribution is 5.73. The Morgan fingerprint density at radius 2 is 2.19 bits per heavy atom. The molecular formula is C11H20N2O3. The zero-order valence-electron chi connectivity index (χ0n) is 9.98. The van der Waals surface area contributed by atoms with Crippen LogP contribution in [0, 0.1) is 0 Å². The summed E-state index contributed by atoms with van der Waals surface area (Å²) in [6.45, 7) is 5.76. The second kappa shape index (κ2) is 5.84. The highest BCUT2D eigenvalue weighted by Crippen LogP contribution is 2.15. The zero-order valence-corrected chi connectivity index (χ0v) is 9.98. The SMILES string of the molecule is CCN(CC(=O)O)[C@@H]1CCCN(C(C)=O)C1. The smallest absolute Gasteiger partial charge is 0.317 e. The number of likely N-dealkylation sites (N-methyl/N-ethyl adjacent to an activating group) is 1. The Kier molecular flexibility index (Phi) is 4.73. The summed E-state index contributed by atoms with van der Waals surface area (Å²) < 4.78 is 0. The first-order valence-corrected chi connectivity index (χ1v) is 5.76. The van der Waals surface area contributed by atoms with Crippen LogP contribution < -0.4 is 0 Å². The predicted octanol–water partition coefficient (Wildman–Crippen LogP) is 0.404. The first kappa shape index (κ1) is 13.0. The van der Waals surface area contributed by atoms with E-state index in [0.717, 1.165) is 19.4 Å². The van der Waals surface area contributed by atoms with Crippen molar-refractivity contribution in [2.45, 2.75) is 32.7 Å². The number of carboxylic acid groups (broad SMARTS) is 1. The lowest BCUT2D eigenvalue weighted by atomic mass is 10.0. The Morgan fingerprint density at radius 3 is 2.69 bits per heavy atom. The van der Waals surface area contributed by atoms with Crippen molar-refractivity contribution in [2.75, 3.05) is 26.2 Å². The Labute approximate surface area is 96.0 Å². The quantitative estimate of drug-likeness (QED) is 0.757. The number of nitrogens with zero attached hydrogens (tertiary/aromatic N) is 2. The number of carboxylic acids is 1. The number of piperidine rings is 1. The topological polar surface area (TPSA) is 60.9 Å². The van der Waals surface area contributed by atoms with E-state index in [2.05, 4.69) is 0 Å². The summed E-state index contributed by atoms with van der Waals surface area (Å²) in [6.07, 6.45) is 1.94. The average Bonchev–Trinajstić information content (AvgIpc) is 2.25. The monoisotopic (exact) mass is 228 g/mol. The van der Waals surface area contributed by atoms with Gasteiger partial charge in [0.1, 0.15) is 0 Å². The van der Waals surface area contributed by atoms with Gasteiger partial charge in [-0.2, -0.15) is 0 Å². The first-order valence-electron chi connectivity index (χ1n) is 5.76. The number of carbonyl (C=O) groups is 2. The summed E-state index contributed by atoms with van der Waals surface area (Å²) in [4.78, 5) is 25.7. The summed E-state index contributed by atoms with van der Waals surface area (Å²) in [6, 6.07) is 0.193. The van der Waals surface area contributed by atoms with E-state index in [9.17, 15) is 9.59 Å². The molecule has 0 bridgehead atoms. The molecule has 1 amide bonds. The van der Waals surface area contributed by atoms with Crippen LogP contribution in [0.5, 0.6) is 0 Å². The summed E-state index contributed by atoms with van der Waals surface area (Å²) >= 11 is 0. The van der Waals surface area contributed by atoms with Gasteiger partial charge >= 0.3 is 5.97 Å². The molecule has 0 saturated carbocycles. The van der Waals surface area contributed by atoms with Crippen LogP contribution in [0.1, 0.15) is 26.7 Å². The summed E-state index contributed by atoms with van der Waals surface area (Å²) in [5, 5.41) is 8.80. The molecule has 1 fully saturated rings. The second-order valence-electron chi connectivity index (χ2n) is 4.22. The van der Waals surface area contributed by atoms with Gasteiger partial charge in [-0.25, -0.2) is 0 Å². The van der Waals surface area contributed by atoms with Crippen LogP contribution in [-0.4, -0.2) is 59.0 Å². The molecule has 1 N–H and O–H groups in total. The van der Waals surface area contributed by atoms with Crippen molar-refractivity contribution in [3.8, 4) is 0 Å². The molecule has 0 radical (unpaired) electrons. The number of rotatable bonds is 4. The van der Waals surface area contributed by atoms with Crippen molar-refractivity contribution in [1.29, 1.82) is 0 Å². The van der Waals surface area contributed by atoms with Gasteiger partial charge in [-0.3, -0.25) is 14.5 Å². The minimum absolute atomic E-state index is 0.0624. The van der Waals surface area contributed by atoms with Gasteiger partial charge in [-0.05, 0) is 19.4 Å². The lowest BCUT2D eigenvalue weighted by molar-refractivity contribution is -0.139. The maximum Gasteiger partial charge on any atom is 0.317 e. The van der Waals surface area contributed by atoms with Crippen molar-refractivity contribution in [3.05, 3.63) is 0 Å². The van der Waals surface area contributed by atoms with Gasteiger partial charge in [0.25, 0.3) is 0 Å². The summed E-state index contributed by atoms with van der Waals surface area (Å²) in [5.41, 5.74) is 0. The molecule has 1 rings (SSSR count). The molecule has 1 saturated heterocycles. The Hall–Kier alpha value is -1.10. The standard InChI is InChI=1S/C11H20N2O3/c1-3-12(8-11(15)16)10-5-4-6-13(7-10)9(2)14/h10H,3-8H2,1-2H3,(H,15,16)/t10-/m1/s1. The van der Waals surface area contributed by atoms with E-state index >= 15 is 0 Å². The maximum atomic E-state index is 11.3. The third-order valence-electron chi connectivity index (χ3n) is 3.10. The lowest BCUT2D eigenvalue weighted by Gasteiger charge is -2.37. The number of amides is 1. The van der Waals surface area contributed by atoms with Crippen molar-refractivity contribution in [2.24, 2.45) is 0 Å². The lowest BCUT2D eigenvalue weighted by Crippen LogP contribution is -2.50. The van der Waals surface area contributed by atoms with E-state index in [1.165, 1.54) is 0 Å². The van der Waals surface area contributed by atoms with Crippen LogP contribution in [0.4, 0.5) is 0 Å². The van der Waals surface area contributed by atoms with Crippen LogP contribution in [0.3, 0.4) is 0 Å². The molecule has 1 heterocycles. The van der Waals surface area contributed by atoms with E-state index in [1.807, 2.05) is 11.8 Å². The maximum absolute atomic E-state index is 11.3. The molecule has 92 valence electrons. The first-order chi connectivity index (χ1) is 7.54. The minimum atomic E-state index is -0.804. The highest BCUT2D eigenvalue weighted by atomic mass is 16.4. The molecule has 0 aliphatic carbocycles. The molecule has 0 spiro atoms. The van der Waals surface area contributed by atoms with Gasteiger partial charge in [0.15, 0.2) is 0 Å². The van der Waals surface area contributed by atoms with E-state index in [4.69, 9.17) is 5.11 Å². The largest absolute Gasteiger partial charge is 0.480 e. The third-order valence-corrected chi connectivity index (χ3v) is 3.10. The normalized spacial score (nSPS) is 21.2. The van der Waals surface area contributed by atoms with Gasteiger partial charge in [0, 0.05) is 26.1 Å². The Bertz CT molecular complexity index is 268. The molecule has 5 heteroatoms. The number of aliphatic carboxylic acids is 1. The van der Waals surface area contributed by atoms with Crippen molar-refractivity contribution in [3.63, 3.8) is 0 Å². The van der Waals surface area contributed by atoms with Gasteiger partial charge in [-0.15, -0.1) is 0 Å². The van der Waals surface area contributed by atoms with E-state index in [0.29, 0.717) is 13.1 Å². The molecule has 1 atom stereocenters. The molecule has 0 aromatic heterocycles. The Balaban J connectivity index is 2.56. The highest BCUT2D eigenvalue weighted by Gasteiger charge is 2.26. The average molecular weight is 228 g/mol. The van der Waals surface area contributed by atoms with E-state index in [-0.39, 0.29) is 18.5 Å². The number of carbonyl (C=O) groups excluding carboxylic acids is 1. The number of likely N-dealkylation sites (tertiary alicyclic amines) is 1. The Morgan fingerprint density at radius 1 is 1.50 bits per heavy atom. The summed E-state index contributed by atoms with van der Waals surface area (Å²) in [7, 11) is 0. The third kappa shape index (κ3) is 3.48. The van der Waals surface area contributed by atoms with Gasteiger partial charge in [0.05, 0.1) is 6.54 Å². The van der Waals surface area contributed by atoms with Crippen LogP contribution in [0.2, 0.25) is 0 Å². The number of hydrogen-bond acceptors (Lipinski definition) is 3. The number of hydrogen-bond donors (Lipinski definition) is 1. The predicted molar refractivity (Wildman–Crippen MR) is 60.2 cm³/mol. The minimum Gasteiger partial charge on any atom is -0.480 e. The van der Waals surface area contributed by atoms with Crippen LogP contribution in [0.25, 0.3) is 0 Å². The van der Waals surface area contributed by atoms with Crippen LogP contribution in [0.15, 0.2) is 0 Å². The van der Waals surface area contributed by atoms with Crippen LogP contribution in [-0.2, 0) is 9.59 Å². The van der Waals surface area contributed by atoms with Gasteiger partial charge in [0.2, 0.25) is 5.91 Å². The fourth-order valence-corrected chi connectivity index (χ4v) is 2.21. The van der Waals surface area contributed by atoms with E-state index in [1.54, 1.807) is 11.8 Å². The van der Waals surface area contributed by atoms with Crippen LogP contribution >= 0.6 is 0 Å². The molecular weight excluding hydrogens is 208 g/mol. The molecule has 0 unspecified atom stereocenters.